The Labute approximate surface area is 151 Å². The number of amides is 2. The van der Waals surface area contributed by atoms with Crippen LogP contribution in [0.2, 0.25) is 0 Å². The van der Waals surface area contributed by atoms with Crippen LogP contribution >= 0.6 is 0 Å². The first-order chi connectivity index (χ1) is 11.8. The maximum absolute atomic E-state index is 12.2. The molecule has 1 aliphatic heterocycles. The number of carbonyl (C=O) groups excluding carboxylic acids is 2. The first kappa shape index (κ1) is 19.4. The van der Waals surface area contributed by atoms with Crippen LogP contribution in [0.25, 0.3) is 0 Å². The highest BCUT2D eigenvalue weighted by atomic mass is 16.2. The third-order valence-electron chi connectivity index (χ3n) is 5.10. The zero-order valence-electron chi connectivity index (χ0n) is 16.0. The summed E-state index contributed by atoms with van der Waals surface area (Å²) in [6.45, 7) is 9.75. The van der Waals surface area contributed by atoms with Gasteiger partial charge in [0, 0.05) is 32.6 Å². The fourth-order valence-electron chi connectivity index (χ4n) is 3.01. The Morgan fingerprint density at radius 1 is 1.08 bits per heavy atom. The Morgan fingerprint density at radius 3 is 2.28 bits per heavy atom. The average Bonchev–Trinajstić information content (AvgIpc) is 2.59. The molecule has 0 bridgehead atoms. The normalized spacial score (nSPS) is 15.9. The summed E-state index contributed by atoms with van der Waals surface area (Å²) < 4.78 is 0. The van der Waals surface area contributed by atoms with E-state index in [1.807, 2.05) is 4.90 Å². The maximum Gasteiger partial charge on any atom is 0.242 e. The second-order valence-corrected chi connectivity index (χ2v) is 7.71. The van der Waals surface area contributed by atoms with Crippen LogP contribution in [0.15, 0.2) is 24.3 Å². The minimum atomic E-state index is -0.0630. The number of aryl methyl sites for hydroxylation is 1. The molecule has 138 valence electrons. The number of hydrogen-bond acceptors (Lipinski definition) is 3. The van der Waals surface area contributed by atoms with Gasteiger partial charge in [0.25, 0.3) is 0 Å². The summed E-state index contributed by atoms with van der Waals surface area (Å²) in [6, 6.07) is 8.46. The molecule has 0 unspecified atom stereocenters. The van der Waals surface area contributed by atoms with Crippen molar-refractivity contribution >= 4 is 11.8 Å². The van der Waals surface area contributed by atoms with Gasteiger partial charge in [-0.1, -0.05) is 43.7 Å². The van der Waals surface area contributed by atoms with Crippen molar-refractivity contribution < 1.29 is 9.59 Å². The monoisotopic (exact) mass is 345 g/mol. The van der Waals surface area contributed by atoms with Crippen molar-refractivity contribution in [2.75, 3.05) is 39.8 Å². The Bertz CT molecular complexity index is 587. The van der Waals surface area contributed by atoms with Crippen LogP contribution in [-0.4, -0.2) is 61.4 Å². The van der Waals surface area contributed by atoms with E-state index in [9.17, 15) is 9.59 Å². The first-order valence-electron chi connectivity index (χ1n) is 9.08. The van der Waals surface area contributed by atoms with E-state index in [4.69, 9.17) is 0 Å². The van der Waals surface area contributed by atoms with Crippen molar-refractivity contribution in [2.45, 2.75) is 39.0 Å². The number of rotatable bonds is 6. The molecule has 1 aliphatic rings. The van der Waals surface area contributed by atoms with E-state index in [1.165, 1.54) is 11.1 Å². The molecular formula is C20H31N3O2. The molecule has 1 aromatic rings. The van der Waals surface area contributed by atoms with Gasteiger partial charge in [0.1, 0.15) is 0 Å². The fourth-order valence-corrected chi connectivity index (χ4v) is 3.01. The molecule has 1 fully saturated rings. The molecule has 5 nitrogen and oxygen atoms in total. The molecule has 2 amide bonds. The Morgan fingerprint density at radius 2 is 1.68 bits per heavy atom. The summed E-state index contributed by atoms with van der Waals surface area (Å²) in [4.78, 5) is 28.3. The molecule has 0 saturated carbocycles. The standard InChI is InChI=1S/C20H31N3O2/c1-16-5-7-17(8-6-16)20(2,3)10-9-18(24)21-15-19(25)23-13-11-22(4)12-14-23/h5-8H,9-15H2,1-4H3,(H,21,24). The van der Waals surface area contributed by atoms with E-state index in [1.54, 1.807) is 0 Å². The van der Waals surface area contributed by atoms with Crippen molar-refractivity contribution in [3.8, 4) is 0 Å². The minimum absolute atomic E-state index is 0.0132. The minimum Gasteiger partial charge on any atom is -0.347 e. The fraction of sp³-hybridized carbons (Fsp3) is 0.600. The lowest BCUT2D eigenvalue weighted by molar-refractivity contribution is -0.134. The zero-order valence-corrected chi connectivity index (χ0v) is 16.0. The van der Waals surface area contributed by atoms with Gasteiger partial charge < -0.3 is 15.1 Å². The molecule has 1 N–H and O–H groups in total. The van der Waals surface area contributed by atoms with Crippen molar-refractivity contribution in [3.63, 3.8) is 0 Å². The van der Waals surface area contributed by atoms with Crippen LogP contribution in [-0.2, 0) is 15.0 Å². The topological polar surface area (TPSA) is 52.7 Å². The highest BCUT2D eigenvalue weighted by Gasteiger charge is 2.23. The van der Waals surface area contributed by atoms with Crippen molar-refractivity contribution in [2.24, 2.45) is 0 Å². The summed E-state index contributed by atoms with van der Waals surface area (Å²) >= 11 is 0. The molecule has 1 heterocycles. The number of piperazine rings is 1. The van der Waals surface area contributed by atoms with E-state index in [2.05, 4.69) is 62.3 Å². The highest BCUT2D eigenvalue weighted by Crippen LogP contribution is 2.28. The number of benzene rings is 1. The van der Waals surface area contributed by atoms with E-state index in [0.29, 0.717) is 6.42 Å². The lowest BCUT2D eigenvalue weighted by Crippen LogP contribution is -2.50. The van der Waals surface area contributed by atoms with Gasteiger partial charge in [-0.15, -0.1) is 0 Å². The van der Waals surface area contributed by atoms with Gasteiger partial charge in [0.2, 0.25) is 11.8 Å². The first-order valence-corrected chi connectivity index (χ1v) is 9.08. The summed E-state index contributed by atoms with van der Waals surface area (Å²) in [7, 11) is 2.05. The van der Waals surface area contributed by atoms with Gasteiger partial charge >= 0.3 is 0 Å². The largest absolute Gasteiger partial charge is 0.347 e. The van der Waals surface area contributed by atoms with Gasteiger partial charge in [-0.05, 0) is 31.4 Å². The molecule has 2 rings (SSSR count). The van der Waals surface area contributed by atoms with Crippen LogP contribution in [0, 0.1) is 6.92 Å². The number of nitrogens with one attached hydrogen (secondary N) is 1. The lowest BCUT2D eigenvalue weighted by Gasteiger charge is -2.32. The van der Waals surface area contributed by atoms with Crippen LogP contribution in [0.4, 0.5) is 0 Å². The summed E-state index contributed by atoms with van der Waals surface area (Å²) in [6.07, 6.45) is 1.18. The number of nitrogens with zero attached hydrogens (tertiary/aromatic N) is 2. The van der Waals surface area contributed by atoms with E-state index in [0.717, 1.165) is 32.6 Å². The molecular weight excluding hydrogens is 314 g/mol. The van der Waals surface area contributed by atoms with Crippen molar-refractivity contribution in [1.29, 1.82) is 0 Å². The highest BCUT2D eigenvalue weighted by molar-refractivity contribution is 5.84. The number of likely N-dealkylation sites (N-methyl/N-ethyl adjacent to an activating group) is 1. The molecule has 0 spiro atoms. The van der Waals surface area contributed by atoms with E-state index < -0.39 is 0 Å². The van der Waals surface area contributed by atoms with Crippen LogP contribution in [0.5, 0.6) is 0 Å². The second-order valence-electron chi connectivity index (χ2n) is 7.71. The second kappa shape index (κ2) is 8.48. The SMILES string of the molecule is Cc1ccc(C(C)(C)CCC(=O)NCC(=O)N2CCN(C)CC2)cc1. The molecule has 1 saturated heterocycles. The van der Waals surface area contributed by atoms with Crippen molar-refractivity contribution in [3.05, 3.63) is 35.4 Å². The van der Waals surface area contributed by atoms with Crippen LogP contribution < -0.4 is 5.32 Å². The Balaban J connectivity index is 1.74. The summed E-state index contributed by atoms with van der Waals surface area (Å²) in [5, 5.41) is 2.78. The number of hydrogen-bond donors (Lipinski definition) is 1. The van der Waals surface area contributed by atoms with E-state index >= 15 is 0 Å². The van der Waals surface area contributed by atoms with Crippen LogP contribution in [0.3, 0.4) is 0 Å². The summed E-state index contributed by atoms with van der Waals surface area (Å²) in [5.41, 5.74) is 2.41. The molecule has 1 aromatic carbocycles. The molecule has 0 aliphatic carbocycles. The number of carbonyl (C=O) groups is 2. The van der Waals surface area contributed by atoms with Gasteiger partial charge in [-0.25, -0.2) is 0 Å². The molecule has 0 aromatic heterocycles. The third kappa shape index (κ3) is 5.85. The zero-order chi connectivity index (χ0) is 18.4. The maximum atomic E-state index is 12.2. The molecule has 0 atom stereocenters. The lowest BCUT2D eigenvalue weighted by atomic mass is 9.80. The Kier molecular flexibility index (Phi) is 6.59. The van der Waals surface area contributed by atoms with Gasteiger partial charge in [0.05, 0.1) is 6.54 Å². The van der Waals surface area contributed by atoms with Gasteiger partial charge in [0.15, 0.2) is 0 Å². The predicted octanol–water partition coefficient (Wildman–Crippen LogP) is 1.94. The molecule has 5 heteroatoms. The predicted molar refractivity (Wildman–Crippen MR) is 101 cm³/mol. The quantitative estimate of drug-likeness (QED) is 0.857. The van der Waals surface area contributed by atoms with Gasteiger partial charge in [-0.3, -0.25) is 9.59 Å². The Hall–Kier alpha value is -1.88. The smallest absolute Gasteiger partial charge is 0.242 e. The van der Waals surface area contributed by atoms with Gasteiger partial charge in [-0.2, -0.15) is 0 Å². The van der Waals surface area contributed by atoms with Crippen LogP contribution in [0.1, 0.15) is 37.8 Å². The third-order valence-corrected chi connectivity index (χ3v) is 5.10. The molecule has 25 heavy (non-hydrogen) atoms. The van der Waals surface area contributed by atoms with Crippen molar-refractivity contribution in [1.82, 2.24) is 15.1 Å². The molecule has 0 radical (unpaired) electrons. The van der Waals surface area contributed by atoms with E-state index in [-0.39, 0.29) is 23.8 Å². The summed E-state index contributed by atoms with van der Waals surface area (Å²) in [5.74, 6) is -0.0399. The average molecular weight is 345 g/mol.